The average Bonchev–Trinajstić information content (AvgIpc) is 2.52. The fraction of sp³-hybridized carbons (Fsp3) is 1.00. The van der Waals surface area contributed by atoms with E-state index in [0.29, 0.717) is 0 Å². The van der Waals surface area contributed by atoms with Gasteiger partial charge in [-0.2, -0.15) is 0 Å². The molecule has 0 bridgehead atoms. The third kappa shape index (κ3) is 5.47. The Morgan fingerprint density at radius 1 is 1.27 bits per heavy atom. The number of nitrogens with zero attached hydrogens (tertiary/aromatic N) is 2. The Hall–Kier alpha value is -0.160. The molecule has 4 nitrogen and oxygen atoms in total. The number of hydrogen-bond acceptors (Lipinski definition) is 4. The molecule has 0 spiro atoms. The van der Waals surface area contributed by atoms with Crippen LogP contribution in [0.1, 0.15) is 13.3 Å². The predicted octanol–water partition coefficient (Wildman–Crippen LogP) is 0.0229. The Morgan fingerprint density at radius 2 is 2.13 bits per heavy atom. The molecule has 0 aromatic carbocycles. The number of hydrogen-bond donors (Lipinski definition) is 1. The summed E-state index contributed by atoms with van der Waals surface area (Å²) in [5.74, 6) is 0. The van der Waals surface area contributed by atoms with Gasteiger partial charge >= 0.3 is 0 Å². The second-order valence-electron chi connectivity index (χ2n) is 3.97. The zero-order valence-electron chi connectivity index (χ0n) is 9.82. The maximum Gasteiger partial charge on any atom is 0.0593 e. The van der Waals surface area contributed by atoms with Gasteiger partial charge in [-0.25, -0.2) is 0 Å². The van der Waals surface area contributed by atoms with Crippen molar-refractivity contribution in [1.29, 1.82) is 0 Å². The quantitative estimate of drug-likeness (QED) is 0.679. The van der Waals surface area contributed by atoms with Crippen LogP contribution in [0, 0.1) is 0 Å². The lowest BCUT2D eigenvalue weighted by atomic mass is 10.3. The lowest BCUT2D eigenvalue weighted by Gasteiger charge is -2.24. The molecule has 0 saturated carbocycles. The lowest BCUT2D eigenvalue weighted by Crippen LogP contribution is -2.37. The molecular formula is C11H24N2O2. The summed E-state index contributed by atoms with van der Waals surface area (Å²) >= 11 is 0. The zero-order valence-corrected chi connectivity index (χ0v) is 9.82. The number of rotatable bonds is 6. The zero-order chi connectivity index (χ0) is 10.9. The van der Waals surface area contributed by atoms with Gasteiger partial charge in [-0.15, -0.1) is 0 Å². The molecule has 1 aliphatic heterocycles. The van der Waals surface area contributed by atoms with E-state index in [1.165, 1.54) is 0 Å². The van der Waals surface area contributed by atoms with Gasteiger partial charge in [-0.1, -0.05) is 6.92 Å². The summed E-state index contributed by atoms with van der Waals surface area (Å²) < 4.78 is 5.41. The minimum Gasteiger partial charge on any atom is -0.395 e. The molecule has 0 aromatic heterocycles. The minimum absolute atomic E-state index is 0.261. The van der Waals surface area contributed by atoms with Crippen molar-refractivity contribution in [3.05, 3.63) is 0 Å². The SMILES string of the molecule is CCN(CCO)CCN1CCCOCC1. The third-order valence-corrected chi connectivity index (χ3v) is 2.91. The summed E-state index contributed by atoms with van der Waals surface area (Å²) in [5, 5.41) is 8.87. The summed E-state index contributed by atoms with van der Waals surface area (Å²) in [6.07, 6.45) is 1.14. The number of likely N-dealkylation sites (N-methyl/N-ethyl adjacent to an activating group) is 1. The molecule has 4 heteroatoms. The van der Waals surface area contributed by atoms with E-state index >= 15 is 0 Å². The molecule has 1 N–H and O–H groups in total. The highest BCUT2D eigenvalue weighted by Gasteiger charge is 2.10. The van der Waals surface area contributed by atoms with E-state index in [0.717, 1.165) is 58.9 Å². The first kappa shape index (κ1) is 12.9. The van der Waals surface area contributed by atoms with Crippen LogP contribution in [0.5, 0.6) is 0 Å². The maximum absolute atomic E-state index is 8.87. The third-order valence-electron chi connectivity index (χ3n) is 2.91. The van der Waals surface area contributed by atoms with Crippen LogP contribution in [0.3, 0.4) is 0 Å². The van der Waals surface area contributed by atoms with E-state index in [1.54, 1.807) is 0 Å². The monoisotopic (exact) mass is 216 g/mol. The van der Waals surface area contributed by atoms with Gasteiger partial charge in [-0.3, -0.25) is 4.90 Å². The second-order valence-corrected chi connectivity index (χ2v) is 3.97. The van der Waals surface area contributed by atoms with E-state index in [9.17, 15) is 0 Å². The Balaban J connectivity index is 2.15. The molecule has 1 saturated heterocycles. The molecule has 0 unspecified atom stereocenters. The summed E-state index contributed by atoms with van der Waals surface area (Å²) in [4.78, 5) is 4.73. The van der Waals surface area contributed by atoms with E-state index in [2.05, 4.69) is 16.7 Å². The van der Waals surface area contributed by atoms with Crippen LogP contribution >= 0.6 is 0 Å². The number of ether oxygens (including phenoxy) is 1. The molecule has 0 amide bonds. The van der Waals surface area contributed by atoms with Gasteiger partial charge in [0.15, 0.2) is 0 Å². The van der Waals surface area contributed by atoms with Crippen molar-refractivity contribution in [3.8, 4) is 0 Å². The predicted molar refractivity (Wildman–Crippen MR) is 61.1 cm³/mol. The van der Waals surface area contributed by atoms with Gasteiger partial charge < -0.3 is 14.7 Å². The summed E-state index contributed by atoms with van der Waals surface area (Å²) in [6.45, 7) is 10.3. The maximum atomic E-state index is 8.87. The van der Waals surface area contributed by atoms with Crippen molar-refractivity contribution < 1.29 is 9.84 Å². The van der Waals surface area contributed by atoms with Crippen LogP contribution in [0.2, 0.25) is 0 Å². The molecule has 1 rings (SSSR count). The molecule has 0 aliphatic carbocycles. The van der Waals surface area contributed by atoms with Crippen molar-refractivity contribution in [3.63, 3.8) is 0 Å². The fourth-order valence-electron chi connectivity index (χ4n) is 1.87. The van der Waals surface area contributed by atoms with Gasteiger partial charge in [0, 0.05) is 39.3 Å². The van der Waals surface area contributed by atoms with Crippen molar-refractivity contribution in [2.45, 2.75) is 13.3 Å². The molecule has 0 atom stereocenters. The largest absolute Gasteiger partial charge is 0.395 e. The highest BCUT2D eigenvalue weighted by atomic mass is 16.5. The summed E-state index contributed by atoms with van der Waals surface area (Å²) in [5.41, 5.74) is 0. The Morgan fingerprint density at radius 3 is 2.87 bits per heavy atom. The molecule has 15 heavy (non-hydrogen) atoms. The molecule has 0 aromatic rings. The van der Waals surface area contributed by atoms with Crippen LogP contribution in [0.4, 0.5) is 0 Å². The van der Waals surface area contributed by atoms with Gasteiger partial charge in [-0.05, 0) is 13.0 Å². The summed E-state index contributed by atoms with van der Waals surface area (Å²) in [7, 11) is 0. The smallest absolute Gasteiger partial charge is 0.0593 e. The normalized spacial score (nSPS) is 19.4. The van der Waals surface area contributed by atoms with Crippen molar-refractivity contribution in [2.75, 3.05) is 59.1 Å². The summed E-state index contributed by atoms with van der Waals surface area (Å²) in [6, 6.07) is 0. The van der Waals surface area contributed by atoms with Crippen molar-refractivity contribution >= 4 is 0 Å². The van der Waals surface area contributed by atoms with Crippen LogP contribution < -0.4 is 0 Å². The first-order valence-corrected chi connectivity index (χ1v) is 6.00. The molecule has 1 fully saturated rings. The number of aliphatic hydroxyl groups is 1. The molecule has 1 aliphatic rings. The fourth-order valence-corrected chi connectivity index (χ4v) is 1.87. The first-order valence-electron chi connectivity index (χ1n) is 6.00. The Kier molecular flexibility index (Phi) is 6.92. The average molecular weight is 216 g/mol. The van der Waals surface area contributed by atoms with Gasteiger partial charge in [0.1, 0.15) is 0 Å². The lowest BCUT2D eigenvalue weighted by molar-refractivity contribution is 0.136. The number of aliphatic hydroxyl groups excluding tert-OH is 1. The minimum atomic E-state index is 0.261. The van der Waals surface area contributed by atoms with Gasteiger partial charge in [0.25, 0.3) is 0 Å². The Labute approximate surface area is 92.8 Å². The molecule has 0 radical (unpaired) electrons. The van der Waals surface area contributed by atoms with Gasteiger partial charge in [0.05, 0.1) is 13.2 Å². The van der Waals surface area contributed by atoms with Crippen molar-refractivity contribution in [1.82, 2.24) is 9.80 Å². The molecule has 90 valence electrons. The molecular weight excluding hydrogens is 192 g/mol. The van der Waals surface area contributed by atoms with Gasteiger partial charge in [0.2, 0.25) is 0 Å². The van der Waals surface area contributed by atoms with E-state index in [4.69, 9.17) is 9.84 Å². The second kappa shape index (κ2) is 8.05. The Bertz CT molecular complexity index is 148. The highest BCUT2D eigenvalue weighted by molar-refractivity contribution is 4.64. The van der Waals surface area contributed by atoms with Crippen LogP contribution in [-0.2, 0) is 4.74 Å². The standard InChI is InChI=1S/C11H24N2O2/c1-2-12(7-9-14)5-6-13-4-3-10-15-11-8-13/h14H,2-11H2,1H3. The van der Waals surface area contributed by atoms with Crippen LogP contribution in [0.15, 0.2) is 0 Å². The first-order chi connectivity index (χ1) is 7.36. The topological polar surface area (TPSA) is 35.9 Å². The molecule has 1 heterocycles. The van der Waals surface area contributed by atoms with Crippen LogP contribution in [-0.4, -0.2) is 74.0 Å². The highest BCUT2D eigenvalue weighted by Crippen LogP contribution is 1.99. The van der Waals surface area contributed by atoms with Crippen LogP contribution in [0.25, 0.3) is 0 Å². The van der Waals surface area contributed by atoms with E-state index in [-0.39, 0.29) is 6.61 Å². The van der Waals surface area contributed by atoms with E-state index in [1.807, 2.05) is 0 Å². The van der Waals surface area contributed by atoms with Crippen molar-refractivity contribution in [2.24, 2.45) is 0 Å². The van der Waals surface area contributed by atoms with E-state index < -0.39 is 0 Å².